The summed E-state index contributed by atoms with van der Waals surface area (Å²) in [4.78, 5) is 27.8. The van der Waals surface area contributed by atoms with Crippen LogP contribution >= 0.6 is 22.9 Å². The number of carbonyl (C=O) groups excluding carboxylic acids is 1. The summed E-state index contributed by atoms with van der Waals surface area (Å²) < 4.78 is 0. The smallest absolute Gasteiger partial charge is 0.246 e. The molecule has 2 aliphatic rings. The molecule has 0 saturated heterocycles. The summed E-state index contributed by atoms with van der Waals surface area (Å²) in [6.45, 7) is 2.05. The number of thiophene rings is 1. The van der Waals surface area contributed by atoms with Crippen LogP contribution in [-0.4, -0.2) is 57.0 Å². The molecule has 9 heteroatoms. The van der Waals surface area contributed by atoms with Crippen molar-refractivity contribution in [1.29, 1.82) is 0 Å². The summed E-state index contributed by atoms with van der Waals surface area (Å²) in [6.07, 6.45) is 8.47. The predicted octanol–water partition coefficient (Wildman–Crippen LogP) is 4.33. The molecular weight excluding hydrogens is 446 g/mol. The highest BCUT2D eigenvalue weighted by molar-refractivity contribution is 7.19. The van der Waals surface area contributed by atoms with Crippen LogP contribution in [0.2, 0.25) is 5.02 Å². The Morgan fingerprint density at radius 3 is 3.00 bits per heavy atom. The minimum absolute atomic E-state index is 0.0520. The van der Waals surface area contributed by atoms with E-state index in [9.17, 15) is 9.90 Å². The molecule has 0 atom stereocenters. The quantitative estimate of drug-likeness (QED) is 0.523. The second-order valence-corrected chi connectivity index (χ2v) is 9.83. The third-order valence-electron chi connectivity index (χ3n) is 5.92. The zero-order valence-electron chi connectivity index (χ0n) is 17.7. The first-order valence-corrected chi connectivity index (χ1v) is 11.8. The molecule has 1 aromatic carbocycles. The van der Waals surface area contributed by atoms with Crippen molar-refractivity contribution in [2.45, 2.75) is 31.8 Å². The van der Waals surface area contributed by atoms with Gasteiger partial charge in [0.25, 0.3) is 0 Å². The normalized spacial score (nSPS) is 16.2. The number of anilines is 2. The fourth-order valence-corrected chi connectivity index (χ4v) is 5.52. The van der Waals surface area contributed by atoms with Crippen molar-refractivity contribution in [3.8, 4) is 5.75 Å². The monoisotopic (exact) mass is 469 g/mol. The van der Waals surface area contributed by atoms with Gasteiger partial charge in [0.2, 0.25) is 5.91 Å². The molecule has 1 aliphatic heterocycles. The maximum absolute atomic E-state index is 12.7. The number of amides is 1. The molecule has 0 unspecified atom stereocenters. The lowest BCUT2D eigenvalue weighted by atomic mass is 10.0. The first kappa shape index (κ1) is 21.2. The number of likely N-dealkylation sites (N-methyl/N-ethyl adjacent to an activating group) is 1. The third-order valence-corrected chi connectivity index (χ3v) is 7.26. The van der Waals surface area contributed by atoms with E-state index in [1.54, 1.807) is 29.5 Å². The Morgan fingerprint density at radius 1 is 1.38 bits per heavy atom. The number of rotatable bonds is 6. The van der Waals surface area contributed by atoms with E-state index in [1.165, 1.54) is 30.8 Å². The molecule has 166 valence electrons. The van der Waals surface area contributed by atoms with Crippen LogP contribution in [-0.2, 0) is 17.8 Å². The van der Waals surface area contributed by atoms with Gasteiger partial charge in [-0.1, -0.05) is 17.7 Å². The highest BCUT2D eigenvalue weighted by atomic mass is 35.5. The van der Waals surface area contributed by atoms with E-state index in [4.69, 9.17) is 11.6 Å². The molecule has 2 aromatic heterocycles. The summed E-state index contributed by atoms with van der Waals surface area (Å²) in [5.41, 5.74) is 1.84. The number of halogens is 1. The molecule has 0 radical (unpaired) electrons. The fourth-order valence-electron chi connectivity index (χ4n) is 4.08. The number of hydrogen-bond acceptors (Lipinski definition) is 7. The van der Waals surface area contributed by atoms with Gasteiger partial charge in [-0.3, -0.25) is 9.69 Å². The molecule has 0 bridgehead atoms. The number of benzene rings is 1. The summed E-state index contributed by atoms with van der Waals surface area (Å²) in [5, 5.41) is 14.5. The molecule has 7 nitrogen and oxygen atoms in total. The number of aromatic nitrogens is 2. The van der Waals surface area contributed by atoms with E-state index in [0.717, 1.165) is 28.1 Å². The zero-order valence-corrected chi connectivity index (χ0v) is 19.3. The van der Waals surface area contributed by atoms with Gasteiger partial charge in [-0.2, -0.15) is 0 Å². The standard InChI is InChI=1S/C23H24ClN5O2S/c1-28(16-4-5-16)7-2-3-20(31)29-8-6-18-19(12-29)32-23-21(18)22(25-13-26-23)27-15-9-14(24)10-17(30)11-15/h2-3,9-11,13,16,30H,4-8,12H2,1H3,(H,25,26,27)/b3-2+. The van der Waals surface area contributed by atoms with E-state index in [2.05, 4.69) is 27.2 Å². The molecule has 5 rings (SSSR count). The molecule has 1 saturated carbocycles. The van der Waals surface area contributed by atoms with Crippen LogP contribution in [0, 0.1) is 0 Å². The zero-order chi connectivity index (χ0) is 22.2. The first-order valence-electron chi connectivity index (χ1n) is 10.7. The number of nitrogens with zero attached hydrogens (tertiary/aromatic N) is 4. The molecule has 3 heterocycles. The Hall–Kier alpha value is -2.68. The van der Waals surface area contributed by atoms with Crippen molar-refractivity contribution >= 4 is 50.6 Å². The van der Waals surface area contributed by atoms with Gasteiger partial charge < -0.3 is 15.3 Å². The molecule has 0 spiro atoms. The minimum atomic E-state index is 0.0520. The van der Waals surface area contributed by atoms with Gasteiger partial charge in [-0.25, -0.2) is 9.97 Å². The maximum Gasteiger partial charge on any atom is 0.246 e. The van der Waals surface area contributed by atoms with Crippen molar-refractivity contribution in [3.05, 3.63) is 52.1 Å². The highest BCUT2D eigenvalue weighted by Crippen LogP contribution is 2.38. The van der Waals surface area contributed by atoms with Crippen LogP contribution in [0.5, 0.6) is 5.75 Å². The molecule has 1 amide bonds. The Balaban J connectivity index is 1.34. The largest absolute Gasteiger partial charge is 0.508 e. The van der Waals surface area contributed by atoms with E-state index < -0.39 is 0 Å². The van der Waals surface area contributed by atoms with Crippen molar-refractivity contribution in [2.75, 3.05) is 25.5 Å². The van der Waals surface area contributed by atoms with Gasteiger partial charge >= 0.3 is 0 Å². The molecule has 1 aliphatic carbocycles. The van der Waals surface area contributed by atoms with E-state index >= 15 is 0 Å². The van der Waals surface area contributed by atoms with Gasteiger partial charge in [-0.15, -0.1) is 11.3 Å². The lowest BCUT2D eigenvalue weighted by molar-refractivity contribution is -0.126. The molecule has 3 aromatic rings. The summed E-state index contributed by atoms with van der Waals surface area (Å²) >= 11 is 7.67. The lowest BCUT2D eigenvalue weighted by Gasteiger charge is -2.26. The highest BCUT2D eigenvalue weighted by Gasteiger charge is 2.27. The number of phenolic OH excluding ortho intramolecular Hbond substituents is 1. The lowest BCUT2D eigenvalue weighted by Crippen LogP contribution is -2.34. The molecular formula is C23H24ClN5O2S. The van der Waals surface area contributed by atoms with Crippen LogP contribution in [0.1, 0.15) is 23.3 Å². The molecule has 1 fully saturated rings. The van der Waals surface area contributed by atoms with Crippen LogP contribution in [0.3, 0.4) is 0 Å². The number of fused-ring (bicyclic) bond motifs is 3. The second-order valence-electron chi connectivity index (χ2n) is 8.31. The second kappa shape index (κ2) is 8.69. The Kier molecular flexibility index (Phi) is 5.75. The first-order chi connectivity index (χ1) is 15.5. The number of hydrogen-bond donors (Lipinski definition) is 2. The number of carbonyl (C=O) groups is 1. The minimum Gasteiger partial charge on any atom is -0.508 e. The van der Waals surface area contributed by atoms with Crippen molar-refractivity contribution in [1.82, 2.24) is 19.8 Å². The summed E-state index contributed by atoms with van der Waals surface area (Å²) in [5.74, 6) is 0.816. The number of phenols is 1. The number of aromatic hydroxyl groups is 1. The summed E-state index contributed by atoms with van der Waals surface area (Å²) in [6, 6.07) is 5.51. The van der Waals surface area contributed by atoms with Crippen molar-refractivity contribution < 1.29 is 9.90 Å². The Labute approximate surface area is 195 Å². The van der Waals surface area contributed by atoms with Gasteiger partial charge in [0.15, 0.2) is 0 Å². The molecule has 2 N–H and O–H groups in total. The van der Waals surface area contributed by atoms with Crippen molar-refractivity contribution in [2.24, 2.45) is 0 Å². The van der Waals surface area contributed by atoms with Crippen LogP contribution < -0.4 is 5.32 Å². The predicted molar refractivity (Wildman–Crippen MR) is 128 cm³/mol. The fraction of sp³-hybridized carbons (Fsp3) is 0.348. The van der Waals surface area contributed by atoms with E-state index in [-0.39, 0.29) is 11.7 Å². The third kappa shape index (κ3) is 4.44. The Bertz CT molecular complexity index is 1190. The van der Waals surface area contributed by atoms with Crippen LogP contribution in [0.25, 0.3) is 10.2 Å². The van der Waals surface area contributed by atoms with Gasteiger partial charge in [0.05, 0.1) is 11.9 Å². The number of nitrogens with one attached hydrogen (secondary N) is 1. The summed E-state index contributed by atoms with van der Waals surface area (Å²) in [7, 11) is 2.11. The van der Waals surface area contributed by atoms with Crippen molar-refractivity contribution in [3.63, 3.8) is 0 Å². The topological polar surface area (TPSA) is 81.6 Å². The SMILES string of the molecule is CN(C/C=C/C(=O)N1CCc2c(sc3ncnc(Nc4cc(O)cc(Cl)c4)c23)C1)C1CC1. The van der Waals surface area contributed by atoms with Gasteiger partial charge in [0, 0.05) is 46.9 Å². The van der Waals surface area contributed by atoms with E-state index in [1.807, 2.05) is 11.0 Å². The van der Waals surface area contributed by atoms with Crippen LogP contribution in [0.4, 0.5) is 11.5 Å². The molecule has 32 heavy (non-hydrogen) atoms. The Morgan fingerprint density at radius 2 is 2.22 bits per heavy atom. The van der Waals surface area contributed by atoms with Gasteiger partial charge in [-0.05, 0) is 44.0 Å². The van der Waals surface area contributed by atoms with Gasteiger partial charge in [0.1, 0.15) is 22.7 Å². The average molecular weight is 470 g/mol. The average Bonchev–Trinajstić information content (AvgIpc) is 3.53. The van der Waals surface area contributed by atoms with Crippen LogP contribution in [0.15, 0.2) is 36.7 Å². The maximum atomic E-state index is 12.7. The van der Waals surface area contributed by atoms with E-state index in [0.29, 0.717) is 35.7 Å².